The van der Waals surface area contributed by atoms with E-state index in [4.69, 9.17) is 0 Å². The summed E-state index contributed by atoms with van der Waals surface area (Å²) in [4.78, 5) is 3.94. The van der Waals surface area contributed by atoms with Gasteiger partial charge in [0.15, 0.2) is 0 Å². The molecule has 0 saturated heterocycles. The largest absolute Gasteiger partial charge is 0.365 e. The minimum atomic E-state index is 0.480. The maximum absolute atomic E-state index is 4.63. The van der Waals surface area contributed by atoms with E-state index in [1.807, 2.05) is 25.3 Å². The van der Waals surface area contributed by atoms with Crippen molar-refractivity contribution in [2.75, 3.05) is 0 Å². The molecule has 0 fully saturated rings. The van der Waals surface area contributed by atoms with Crippen LogP contribution in [0.15, 0.2) is 35.0 Å². The summed E-state index contributed by atoms with van der Waals surface area (Å²) in [5.41, 5.74) is 1.02. The van der Waals surface area contributed by atoms with Gasteiger partial charge in [-0.3, -0.25) is 0 Å². The summed E-state index contributed by atoms with van der Waals surface area (Å²) >= 11 is 1.59. The molecular formula is C13H20N2OS. The lowest BCUT2D eigenvalue weighted by Crippen LogP contribution is -1.83. The molecule has 0 aliphatic heterocycles. The zero-order valence-corrected chi connectivity index (χ0v) is 11.7. The van der Waals surface area contributed by atoms with E-state index in [0.29, 0.717) is 5.92 Å². The highest BCUT2D eigenvalue weighted by Gasteiger charge is 1.98. The molecule has 0 spiro atoms. The first-order valence-corrected chi connectivity index (χ1v) is 6.54. The van der Waals surface area contributed by atoms with E-state index in [0.717, 1.165) is 10.7 Å². The molecule has 0 bridgehead atoms. The third-order valence-electron chi connectivity index (χ3n) is 1.68. The van der Waals surface area contributed by atoms with E-state index < -0.39 is 0 Å². The van der Waals surface area contributed by atoms with Crippen LogP contribution >= 0.6 is 11.3 Å². The average Bonchev–Trinajstić information content (AvgIpc) is 3.05. The van der Waals surface area contributed by atoms with Crippen LogP contribution in [0.25, 0.3) is 6.08 Å². The molecule has 0 amide bonds. The molecule has 2 aromatic rings. The summed E-state index contributed by atoms with van der Waals surface area (Å²) in [6.45, 7) is 11.7. The maximum Gasteiger partial charge on any atom is 0.124 e. The van der Waals surface area contributed by atoms with Crippen LogP contribution in [0.2, 0.25) is 0 Å². The van der Waals surface area contributed by atoms with Crippen molar-refractivity contribution in [1.29, 1.82) is 0 Å². The number of thiazole rings is 1. The van der Waals surface area contributed by atoms with Gasteiger partial charge in [0.25, 0.3) is 0 Å². The molecule has 2 aromatic heterocycles. The summed E-state index contributed by atoms with van der Waals surface area (Å²) in [6.07, 6.45) is 5.10. The van der Waals surface area contributed by atoms with E-state index in [2.05, 4.69) is 35.1 Å². The van der Waals surface area contributed by atoms with Gasteiger partial charge in [0.2, 0.25) is 0 Å². The fraction of sp³-hybridized carbons (Fsp3) is 0.385. The van der Waals surface area contributed by atoms with Gasteiger partial charge < -0.3 is 4.52 Å². The highest BCUT2D eigenvalue weighted by molar-refractivity contribution is 7.10. The minimum absolute atomic E-state index is 0.480. The van der Waals surface area contributed by atoms with E-state index in [9.17, 15) is 0 Å². The van der Waals surface area contributed by atoms with Crippen LogP contribution in [0.3, 0.4) is 0 Å². The van der Waals surface area contributed by atoms with Crippen molar-refractivity contribution in [3.8, 4) is 0 Å². The van der Waals surface area contributed by atoms with Gasteiger partial charge >= 0.3 is 0 Å². The van der Waals surface area contributed by atoms with Gasteiger partial charge in [-0.2, -0.15) is 0 Å². The first-order valence-electron chi connectivity index (χ1n) is 5.66. The molecule has 94 valence electrons. The molecule has 0 aliphatic carbocycles. The summed E-state index contributed by atoms with van der Waals surface area (Å²) in [5.74, 6) is 0.480. The number of hydrogen-bond donors (Lipinski definition) is 0. The average molecular weight is 252 g/mol. The quantitative estimate of drug-likeness (QED) is 0.783. The number of hydrogen-bond acceptors (Lipinski definition) is 4. The molecule has 0 saturated carbocycles. The summed E-state index contributed by atoms with van der Waals surface area (Å²) < 4.78 is 4.63. The third-order valence-corrected chi connectivity index (χ3v) is 2.45. The molecule has 0 radical (unpaired) electrons. The molecular weight excluding hydrogens is 232 g/mol. The molecule has 0 aromatic carbocycles. The highest BCUT2D eigenvalue weighted by atomic mass is 32.1. The second kappa shape index (κ2) is 9.78. The van der Waals surface area contributed by atoms with Crippen molar-refractivity contribution < 1.29 is 4.52 Å². The van der Waals surface area contributed by atoms with Gasteiger partial charge in [0, 0.05) is 17.6 Å². The Labute approximate surface area is 107 Å². The van der Waals surface area contributed by atoms with E-state index in [1.165, 1.54) is 0 Å². The summed E-state index contributed by atoms with van der Waals surface area (Å²) in [5, 5.41) is 6.65. The van der Waals surface area contributed by atoms with Crippen molar-refractivity contribution >= 4 is 17.4 Å². The van der Waals surface area contributed by atoms with Crippen molar-refractivity contribution in [2.45, 2.75) is 33.6 Å². The Hall–Kier alpha value is -1.42. The van der Waals surface area contributed by atoms with Gasteiger partial charge in [-0.05, 0) is 12.0 Å². The zero-order chi connectivity index (χ0) is 13.1. The topological polar surface area (TPSA) is 38.9 Å². The molecule has 4 heteroatoms. The predicted octanol–water partition coefficient (Wildman–Crippen LogP) is 4.61. The lowest BCUT2D eigenvalue weighted by molar-refractivity contribution is 0.408. The Bertz CT molecular complexity index is 366. The van der Waals surface area contributed by atoms with E-state index >= 15 is 0 Å². The van der Waals surface area contributed by atoms with Crippen molar-refractivity contribution in [1.82, 2.24) is 10.1 Å². The zero-order valence-electron chi connectivity index (χ0n) is 10.9. The minimum Gasteiger partial charge on any atom is -0.365 e. The number of nitrogens with zero attached hydrogens (tertiary/aromatic N) is 2. The molecule has 2 heterocycles. The van der Waals surface area contributed by atoms with Crippen LogP contribution in [0.1, 0.15) is 44.3 Å². The Kier molecular flexibility index (Phi) is 8.96. The van der Waals surface area contributed by atoms with Crippen LogP contribution in [0, 0.1) is 0 Å². The summed E-state index contributed by atoms with van der Waals surface area (Å²) in [7, 11) is 0. The Morgan fingerprint density at radius 2 is 2.12 bits per heavy atom. The van der Waals surface area contributed by atoms with Gasteiger partial charge in [-0.25, -0.2) is 4.98 Å². The second-order valence-corrected chi connectivity index (χ2v) is 4.08. The van der Waals surface area contributed by atoms with Gasteiger partial charge in [-0.15, -0.1) is 11.3 Å². The monoisotopic (exact) mass is 252 g/mol. The van der Waals surface area contributed by atoms with Crippen LogP contribution in [0.4, 0.5) is 0 Å². The smallest absolute Gasteiger partial charge is 0.124 e. The SMILES string of the molecule is C=Cc1nccs1.CC.CC(C)c1ccon1. The van der Waals surface area contributed by atoms with Gasteiger partial charge in [-0.1, -0.05) is 39.4 Å². The molecule has 0 unspecified atom stereocenters. The fourth-order valence-corrected chi connectivity index (χ4v) is 1.33. The highest BCUT2D eigenvalue weighted by Crippen LogP contribution is 2.09. The Morgan fingerprint density at radius 3 is 2.35 bits per heavy atom. The van der Waals surface area contributed by atoms with E-state index in [-0.39, 0.29) is 0 Å². The number of rotatable bonds is 2. The molecule has 0 atom stereocenters. The Morgan fingerprint density at radius 1 is 1.41 bits per heavy atom. The van der Waals surface area contributed by atoms with Crippen molar-refractivity contribution in [2.24, 2.45) is 0 Å². The first-order chi connectivity index (χ1) is 8.24. The van der Waals surface area contributed by atoms with Crippen LogP contribution in [0.5, 0.6) is 0 Å². The molecule has 2 rings (SSSR count). The molecule has 0 N–H and O–H groups in total. The van der Waals surface area contributed by atoms with Gasteiger partial charge in [0.1, 0.15) is 11.3 Å². The first kappa shape index (κ1) is 15.6. The standard InChI is InChI=1S/C6H9NO.C5H5NS.C2H6/c1-5(2)6-3-4-8-7-6;1-2-5-6-3-4-7-5;1-2/h3-5H,1-2H3;2-4H,1H2;1-2H3. The maximum atomic E-state index is 4.63. The summed E-state index contributed by atoms with van der Waals surface area (Å²) in [6, 6.07) is 1.88. The third kappa shape index (κ3) is 6.68. The molecule has 17 heavy (non-hydrogen) atoms. The molecule has 0 aliphatic rings. The fourth-order valence-electron chi connectivity index (χ4n) is 0.855. The van der Waals surface area contributed by atoms with Crippen LogP contribution in [-0.2, 0) is 0 Å². The number of aromatic nitrogens is 2. The van der Waals surface area contributed by atoms with Crippen LogP contribution < -0.4 is 0 Å². The van der Waals surface area contributed by atoms with E-state index in [1.54, 1.807) is 29.9 Å². The lowest BCUT2D eigenvalue weighted by atomic mass is 10.1. The van der Waals surface area contributed by atoms with Crippen molar-refractivity contribution in [3.63, 3.8) is 0 Å². The normalized spacial score (nSPS) is 8.76. The predicted molar refractivity (Wildman–Crippen MR) is 74.1 cm³/mol. The second-order valence-electron chi connectivity index (χ2n) is 3.15. The van der Waals surface area contributed by atoms with Gasteiger partial charge in [0.05, 0.1) is 5.69 Å². The Balaban J connectivity index is 0.000000265. The molecule has 3 nitrogen and oxygen atoms in total. The van der Waals surface area contributed by atoms with Crippen LogP contribution in [-0.4, -0.2) is 10.1 Å². The van der Waals surface area contributed by atoms with Crippen molar-refractivity contribution in [3.05, 3.63) is 41.2 Å². The lowest BCUT2D eigenvalue weighted by Gasteiger charge is -1.92.